The number of hydrogen-bond acceptors (Lipinski definition) is 4. The minimum absolute atomic E-state index is 0. The molecule has 3 rings (SSSR count). The summed E-state index contributed by atoms with van der Waals surface area (Å²) < 4.78 is 5.51. The molecule has 2 heterocycles. The molecule has 3 aliphatic rings. The van der Waals surface area contributed by atoms with Crippen molar-refractivity contribution in [2.45, 2.75) is 31.7 Å². The Morgan fingerprint density at radius 1 is 1.20 bits per heavy atom. The van der Waals surface area contributed by atoms with Crippen molar-refractivity contribution in [1.29, 1.82) is 0 Å². The molecule has 1 N–H and O–H groups in total. The van der Waals surface area contributed by atoms with Crippen LogP contribution in [0.2, 0.25) is 0 Å². The van der Waals surface area contributed by atoms with Gasteiger partial charge in [-0.15, -0.1) is 0 Å². The summed E-state index contributed by atoms with van der Waals surface area (Å²) in [7, 11) is 0. The molecule has 0 radical (unpaired) electrons. The summed E-state index contributed by atoms with van der Waals surface area (Å²) in [5.74, 6) is -0.662. The topological polar surface area (TPSA) is 63.6 Å². The number of ketones is 2. The molecule has 0 aromatic heterocycles. The average molecular weight is 380 g/mol. The summed E-state index contributed by atoms with van der Waals surface area (Å²) in [6.45, 7) is 1.88. The number of rotatable bonds is 0. The summed E-state index contributed by atoms with van der Waals surface area (Å²) in [6.07, 6.45) is -1.17. The molecule has 4 nitrogen and oxygen atoms in total. The van der Waals surface area contributed by atoms with Crippen LogP contribution in [-0.4, -0.2) is 35.0 Å². The SMILES string of the molecule is CC1C(O)C2OC1C1C(=O)CC(=O)C21.[W]. The van der Waals surface area contributed by atoms with Gasteiger partial charge in [0.15, 0.2) is 0 Å². The van der Waals surface area contributed by atoms with Crippen LogP contribution in [0.5, 0.6) is 0 Å². The number of aliphatic hydroxyl groups excluding tert-OH is 1. The zero-order valence-corrected chi connectivity index (χ0v) is 11.2. The van der Waals surface area contributed by atoms with Crippen LogP contribution in [0.1, 0.15) is 13.3 Å². The van der Waals surface area contributed by atoms with Gasteiger partial charge in [-0.1, -0.05) is 6.92 Å². The van der Waals surface area contributed by atoms with Gasteiger partial charge in [-0.05, 0) is 0 Å². The molecule has 0 aromatic carbocycles. The molecule has 1 aliphatic carbocycles. The Labute approximate surface area is 102 Å². The van der Waals surface area contributed by atoms with E-state index in [9.17, 15) is 14.7 Å². The van der Waals surface area contributed by atoms with Crippen molar-refractivity contribution in [3.63, 3.8) is 0 Å². The number of carbonyl (C=O) groups is 2. The van der Waals surface area contributed by atoms with E-state index in [1.165, 1.54) is 0 Å². The minimum atomic E-state index is -0.573. The van der Waals surface area contributed by atoms with Gasteiger partial charge in [0.25, 0.3) is 0 Å². The van der Waals surface area contributed by atoms with Crippen molar-refractivity contribution in [3.8, 4) is 0 Å². The maximum Gasteiger partial charge on any atom is 0.146 e. The molecule has 3 fully saturated rings. The predicted molar refractivity (Wildman–Crippen MR) is 45.4 cm³/mol. The fraction of sp³-hybridized carbons (Fsp3) is 0.800. The van der Waals surface area contributed by atoms with Crippen molar-refractivity contribution in [3.05, 3.63) is 0 Å². The van der Waals surface area contributed by atoms with Crippen molar-refractivity contribution < 1.29 is 40.5 Å². The second-order valence-electron chi connectivity index (χ2n) is 4.58. The Balaban J connectivity index is 0.000000853. The number of ether oxygens (including phenoxy) is 1. The molecule has 6 atom stereocenters. The minimum Gasteiger partial charge on any atom is -0.390 e. The molecule has 5 heteroatoms. The summed E-state index contributed by atoms with van der Waals surface area (Å²) in [5.41, 5.74) is 0. The van der Waals surface area contributed by atoms with E-state index in [2.05, 4.69) is 0 Å². The molecule has 0 spiro atoms. The van der Waals surface area contributed by atoms with Crippen LogP contribution in [0.3, 0.4) is 0 Å². The third-order valence-electron chi connectivity index (χ3n) is 3.89. The number of aliphatic hydroxyl groups is 1. The van der Waals surface area contributed by atoms with E-state index in [1.54, 1.807) is 0 Å². The van der Waals surface area contributed by atoms with Crippen LogP contribution in [0, 0.1) is 17.8 Å². The van der Waals surface area contributed by atoms with E-state index >= 15 is 0 Å². The van der Waals surface area contributed by atoms with E-state index in [1.807, 2.05) is 6.92 Å². The maximum absolute atomic E-state index is 11.5. The molecule has 1 saturated carbocycles. The average Bonchev–Trinajstić information content (AvgIpc) is 2.71. The summed E-state index contributed by atoms with van der Waals surface area (Å²) >= 11 is 0. The van der Waals surface area contributed by atoms with E-state index in [0.29, 0.717) is 0 Å². The standard InChI is InChI=1S/C10H12O4.W/c1-3-8(13)10-7-5(12)2-4(11)6(7)9(3)14-10;/h3,6-10,13H,2H2,1H3;. The van der Waals surface area contributed by atoms with Crippen LogP contribution in [0.25, 0.3) is 0 Å². The van der Waals surface area contributed by atoms with Gasteiger partial charge in [0.05, 0.1) is 36.6 Å². The maximum atomic E-state index is 11.5. The first-order valence-electron chi connectivity index (χ1n) is 5.00. The molecular weight excluding hydrogens is 368 g/mol. The van der Waals surface area contributed by atoms with Crippen molar-refractivity contribution in [1.82, 2.24) is 0 Å². The first kappa shape index (κ1) is 11.4. The Morgan fingerprint density at radius 2 is 1.73 bits per heavy atom. The Hall–Kier alpha value is -0.0517. The Kier molecular flexibility index (Phi) is 2.65. The zero-order chi connectivity index (χ0) is 10.0. The first-order chi connectivity index (χ1) is 6.61. The summed E-state index contributed by atoms with van der Waals surface area (Å²) in [5, 5.41) is 9.75. The fourth-order valence-corrected chi connectivity index (χ4v) is 3.17. The number of carbonyl (C=O) groups excluding carboxylic acids is 2. The third kappa shape index (κ3) is 1.25. The van der Waals surface area contributed by atoms with Crippen molar-refractivity contribution >= 4 is 11.6 Å². The molecular formula is C10H12O4W. The van der Waals surface area contributed by atoms with E-state index in [-0.39, 0.29) is 62.9 Å². The smallest absolute Gasteiger partial charge is 0.146 e. The van der Waals surface area contributed by atoms with E-state index in [0.717, 1.165) is 0 Å². The molecule has 15 heavy (non-hydrogen) atoms. The normalized spacial score (nSPS) is 51.9. The number of fused-ring (bicyclic) bond motifs is 5. The van der Waals surface area contributed by atoms with Gasteiger partial charge in [0.1, 0.15) is 11.6 Å². The summed E-state index contributed by atoms with van der Waals surface area (Å²) in [4.78, 5) is 23.0. The van der Waals surface area contributed by atoms with Gasteiger partial charge in [-0.25, -0.2) is 0 Å². The molecule has 0 amide bonds. The molecule has 6 unspecified atom stereocenters. The predicted octanol–water partition coefficient (Wildman–Crippen LogP) is -0.464. The quantitative estimate of drug-likeness (QED) is 0.578. The van der Waals surface area contributed by atoms with Gasteiger partial charge < -0.3 is 9.84 Å². The monoisotopic (exact) mass is 380 g/mol. The number of Topliss-reactive ketones (excluding diaryl/α,β-unsaturated/α-hetero) is 2. The zero-order valence-electron chi connectivity index (χ0n) is 8.25. The van der Waals surface area contributed by atoms with Crippen LogP contribution in [-0.2, 0) is 35.4 Å². The van der Waals surface area contributed by atoms with Crippen LogP contribution < -0.4 is 0 Å². The van der Waals surface area contributed by atoms with Crippen LogP contribution in [0.15, 0.2) is 0 Å². The molecule has 2 bridgehead atoms. The van der Waals surface area contributed by atoms with E-state index in [4.69, 9.17) is 4.74 Å². The Bertz CT molecular complexity index is 299. The Morgan fingerprint density at radius 3 is 2.33 bits per heavy atom. The molecule has 2 aliphatic heterocycles. The first-order valence-corrected chi connectivity index (χ1v) is 5.00. The number of hydrogen-bond donors (Lipinski definition) is 1. The van der Waals surface area contributed by atoms with Crippen molar-refractivity contribution in [2.24, 2.45) is 17.8 Å². The van der Waals surface area contributed by atoms with Crippen LogP contribution >= 0.6 is 0 Å². The van der Waals surface area contributed by atoms with Crippen LogP contribution in [0.4, 0.5) is 0 Å². The van der Waals surface area contributed by atoms with Gasteiger partial charge in [0.2, 0.25) is 0 Å². The second-order valence-corrected chi connectivity index (χ2v) is 4.58. The van der Waals surface area contributed by atoms with Gasteiger partial charge in [0, 0.05) is 27.0 Å². The fourth-order valence-electron chi connectivity index (χ4n) is 3.17. The van der Waals surface area contributed by atoms with Crippen molar-refractivity contribution in [2.75, 3.05) is 0 Å². The molecule has 82 valence electrons. The largest absolute Gasteiger partial charge is 0.390 e. The second kappa shape index (κ2) is 3.47. The molecule has 0 aromatic rings. The van der Waals surface area contributed by atoms with Gasteiger partial charge >= 0.3 is 0 Å². The van der Waals surface area contributed by atoms with E-state index < -0.39 is 12.2 Å². The molecule has 2 saturated heterocycles. The third-order valence-corrected chi connectivity index (χ3v) is 3.89. The van der Waals surface area contributed by atoms with Gasteiger partial charge in [-0.2, -0.15) is 0 Å². The summed E-state index contributed by atoms with van der Waals surface area (Å²) in [6, 6.07) is 0. The van der Waals surface area contributed by atoms with Gasteiger partial charge in [-0.3, -0.25) is 9.59 Å².